The lowest BCUT2D eigenvalue weighted by atomic mass is 10.1. The predicted molar refractivity (Wildman–Crippen MR) is 77.7 cm³/mol. The number of nitrogens with one attached hydrogen (secondary N) is 1. The molecule has 1 unspecified atom stereocenters. The number of carbonyl (C=O) groups excluding carboxylic acids is 1. The lowest BCUT2D eigenvalue weighted by Crippen LogP contribution is -2.23. The number of halogens is 1. The van der Waals surface area contributed by atoms with Crippen molar-refractivity contribution in [1.29, 1.82) is 0 Å². The van der Waals surface area contributed by atoms with Crippen molar-refractivity contribution in [3.05, 3.63) is 27.7 Å². The van der Waals surface area contributed by atoms with E-state index in [1.165, 1.54) is 0 Å². The van der Waals surface area contributed by atoms with Gasteiger partial charge in [-0.1, -0.05) is 15.9 Å². The SMILES string of the molecule is Cc1cc(Br)cc(C)c1NC(=O)C1CCSC1. The van der Waals surface area contributed by atoms with E-state index in [1.807, 2.05) is 37.7 Å². The average Bonchev–Trinajstić information content (AvgIpc) is 2.76. The Hall–Kier alpha value is -0.480. The van der Waals surface area contributed by atoms with Crippen LogP contribution in [0.3, 0.4) is 0 Å². The topological polar surface area (TPSA) is 29.1 Å². The van der Waals surface area contributed by atoms with Gasteiger partial charge in [0.1, 0.15) is 0 Å². The maximum absolute atomic E-state index is 12.1. The summed E-state index contributed by atoms with van der Waals surface area (Å²) in [5.41, 5.74) is 3.18. The van der Waals surface area contributed by atoms with E-state index in [4.69, 9.17) is 0 Å². The van der Waals surface area contributed by atoms with E-state index in [1.54, 1.807) is 0 Å². The second-order valence-electron chi connectivity index (χ2n) is 4.46. The Morgan fingerprint density at radius 1 is 1.41 bits per heavy atom. The molecular formula is C13H16BrNOS. The quantitative estimate of drug-likeness (QED) is 0.900. The van der Waals surface area contributed by atoms with Crippen LogP contribution in [0.5, 0.6) is 0 Å². The van der Waals surface area contributed by atoms with E-state index in [9.17, 15) is 4.79 Å². The highest BCUT2D eigenvalue weighted by molar-refractivity contribution is 9.10. The highest BCUT2D eigenvalue weighted by atomic mass is 79.9. The van der Waals surface area contributed by atoms with Gasteiger partial charge >= 0.3 is 0 Å². The number of anilines is 1. The summed E-state index contributed by atoms with van der Waals surface area (Å²) in [7, 11) is 0. The molecule has 0 bridgehead atoms. The Balaban J connectivity index is 2.15. The zero-order chi connectivity index (χ0) is 12.4. The Bertz CT molecular complexity index is 418. The van der Waals surface area contributed by atoms with E-state index in [2.05, 4.69) is 21.2 Å². The maximum Gasteiger partial charge on any atom is 0.228 e. The number of thioether (sulfide) groups is 1. The number of hydrogen-bond acceptors (Lipinski definition) is 2. The molecule has 0 spiro atoms. The molecule has 0 saturated carbocycles. The molecule has 1 aliphatic heterocycles. The van der Waals surface area contributed by atoms with Crippen molar-refractivity contribution < 1.29 is 4.79 Å². The summed E-state index contributed by atoms with van der Waals surface area (Å²) in [4.78, 5) is 12.1. The van der Waals surface area contributed by atoms with Gasteiger partial charge in [0.25, 0.3) is 0 Å². The highest BCUT2D eigenvalue weighted by Crippen LogP contribution is 2.28. The molecule has 4 heteroatoms. The first-order chi connectivity index (χ1) is 8.08. The second kappa shape index (κ2) is 5.44. The lowest BCUT2D eigenvalue weighted by Gasteiger charge is -2.15. The van der Waals surface area contributed by atoms with Crippen molar-refractivity contribution >= 4 is 39.3 Å². The van der Waals surface area contributed by atoms with Crippen LogP contribution in [-0.2, 0) is 4.79 Å². The molecule has 1 N–H and O–H groups in total. The van der Waals surface area contributed by atoms with Gasteiger partial charge in [-0.15, -0.1) is 0 Å². The summed E-state index contributed by atoms with van der Waals surface area (Å²) in [5.74, 6) is 2.42. The molecule has 0 radical (unpaired) electrons. The maximum atomic E-state index is 12.1. The molecule has 1 amide bonds. The molecule has 1 aromatic carbocycles. The number of hydrogen-bond donors (Lipinski definition) is 1. The second-order valence-corrected chi connectivity index (χ2v) is 6.53. The number of carbonyl (C=O) groups is 1. The molecule has 2 nitrogen and oxygen atoms in total. The summed E-state index contributed by atoms with van der Waals surface area (Å²) in [6.45, 7) is 4.05. The van der Waals surface area contributed by atoms with Gasteiger partial charge in [0.2, 0.25) is 5.91 Å². The first kappa shape index (κ1) is 13.0. The fraction of sp³-hybridized carbons (Fsp3) is 0.462. The van der Waals surface area contributed by atoms with Crippen LogP contribution in [0.25, 0.3) is 0 Å². The Morgan fingerprint density at radius 3 is 2.59 bits per heavy atom. The van der Waals surface area contributed by atoms with Gasteiger partial charge in [0.05, 0.1) is 0 Å². The van der Waals surface area contributed by atoms with Gasteiger partial charge in [0, 0.05) is 21.8 Å². The van der Waals surface area contributed by atoms with E-state index >= 15 is 0 Å². The summed E-state index contributed by atoms with van der Waals surface area (Å²) in [6.07, 6.45) is 1.01. The van der Waals surface area contributed by atoms with Gasteiger partial charge in [-0.05, 0) is 49.3 Å². The van der Waals surface area contributed by atoms with Crippen molar-refractivity contribution in [3.8, 4) is 0 Å². The minimum Gasteiger partial charge on any atom is -0.325 e. The third-order valence-electron chi connectivity index (χ3n) is 3.05. The van der Waals surface area contributed by atoms with E-state index in [0.717, 1.165) is 39.2 Å². The summed E-state index contributed by atoms with van der Waals surface area (Å²) in [5, 5.41) is 3.07. The van der Waals surface area contributed by atoms with Crippen molar-refractivity contribution in [2.24, 2.45) is 5.92 Å². The van der Waals surface area contributed by atoms with Crippen molar-refractivity contribution in [2.45, 2.75) is 20.3 Å². The Morgan fingerprint density at radius 2 is 2.06 bits per heavy atom. The van der Waals surface area contributed by atoms with Crippen LogP contribution in [0.4, 0.5) is 5.69 Å². The summed E-state index contributed by atoms with van der Waals surface area (Å²) < 4.78 is 1.06. The third kappa shape index (κ3) is 3.05. The molecule has 92 valence electrons. The largest absolute Gasteiger partial charge is 0.325 e. The molecule has 1 aromatic rings. The Kier molecular flexibility index (Phi) is 4.15. The zero-order valence-electron chi connectivity index (χ0n) is 10.0. The minimum atomic E-state index is 0.170. The van der Waals surface area contributed by atoms with E-state index in [-0.39, 0.29) is 11.8 Å². The lowest BCUT2D eigenvalue weighted by molar-refractivity contribution is -0.119. The first-order valence-electron chi connectivity index (χ1n) is 5.73. The van der Waals surface area contributed by atoms with Crippen LogP contribution in [0.2, 0.25) is 0 Å². The van der Waals surface area contributed by atoms with Crippen LogP contribution < -0.4 is 5.32 Å². The molecule has 1 fully saturated rings. The highest BCUT2D eigenvalue weighted by Gasteiger charge is 2.23. The van der Waals surface area contributed by atoms with Gasteiger partial charge in [-0.2, -0.15) is 11.8 Å². The van der Waals surface area contributed by atoms with E-state index in [0.29, 0.717) is 0 Å². The standard InChI is InChI=1S/C13H16BrNOS/c1-8-5-11(14)6-9(2)12(8)15-13(16)10-3-4-17-7-10/h5-6,10H,3-4,7H2,1-2H3,(H,15,16). The number of aryl methyl sites for hydroxylation is 2. The van der Waals surface area contributed by atoms with Crippen molar-refractivity contribution in [3.63, 3.8) is 0 Å². The van der Waals surface area contributed by atoms with Crippen LogP contribution in [-0.4, -0.2) is 17.4 Å². The Labute approximate surface area is 115 Å². The summed E-state index contributed by atoms with van der Waals surface area (Å²) >= 11 is 5.33. The molecule has 17 heavy (non-hydrogen) atoms. The molecule has 1 aliphatic rings. The normalized spacial score (nSPS) is 19.4. The molecule has 1 atom stereocenters. The fourth-order valence-electron chi connectivity index (χ4n) is 2.07. The fourth-order valence-corrected chi connectivity index (χ4v) is 3.98. The molecule has 0 aromatic heterocycles. The molecule has 1 heterocycles. The van der Waals surface area contributed by atoms with Crippen LogP contribution in [0, 0.1) is 19.8 Å². The van der Waals surface area contributed by atoms with Crippen LogP contribution in [0.15, 0.2) is 16.6 Å². The predicted octanol–water partition coefficient (Wildman–Crippen LogP) is 3.76. The van der Waals surface area contributed by atoms with Gasteiger partial charge in [-0.3, -0.25) is 4.79 Å². The number of amides is 1. The number of rotatable bonds is 2. The third-order valence-corrected chi connectivity index (χ3v) is 4.67. The minimum absolute atomic E-state index is 0.170. The van der Waals surface area contributed by atoms with Gasteiger partial charge < -0.3 is 5.32 Å². The van der Waals surface area contributed by atoms with Crippen molar-refractivity contribution in [1.82, 2.24) is 0 Å². The van der Waals surface area contributed by atoms with E-state index < -0.39 is 0 Å². The summed E-state index contributed by atoms with van der Waals surface area (Å²) in [6, 6.07) is 4.07. The number of benzene rings is 1. The van der Waals surface area contributed by atoms with Gasteiger partial charge in [-0.25, -0.2) is 0 Å². The molecule has 0 aliphatic carbocycles. The molecular weight excluding hydrogens is 298 g/mol. The van der Waals surface area contributed by atoms with Crippen LogP contribution >= 0.6 is 27.7 Å². The smallest absolute Gasteiger partial charge is 0.228 e. The van der Waals surface area contributed by atoms with Crippen molar-refractivity contribution in [2.75, 3.05) is 16.8 Å². The molecule has 2 rings (SSSR count). The monoisotopic (exact) mass is 313 g/mol. The average molecular weight is 314 g/mol. The zero-order valence-corrected chi connectivity index (χ0v) is 12.5. The molecule has 1 saturated heterocycles. The van der Waals surface area contributed by atoms with Gasteiger partial charge in [0.15, 0.2) is 0 Å². The first-order valence-corrected chi connectivity index (χ1v) is 7.68. The van der Waals surface area contributed by atoms with Crippen LogP contribution in [0.1, 0.15) is 17.5 Å².